The number of aryl methyl sites for hydroxylation is 1. The average molecular weight is 605 g/mol. The van der Waals surface area contributed by atoms with E-state index in [1.807, 2.05) is 78.2 Å². The predicted molar refractivity (Wildman–Crippen MR) is 173 cm³/mol. The highest BCUT2D eigenvalue weighted by Gasteiger charge is 2.32. The summed E-state index contributed by atoms with van der Waals surface area (Å²) in [6.07, 6.45) is 3.72. The monoisotopic (exact) mass is 604 g/mol. The van der Waals surface area contributed by atoms with Gasteiger partial charge in [0.1, 0.15) is 6.61 Å². The van der Waals surface area contributed by atoms with E-state index in [0.717, 1.165) is 40.8 Å². The molecule has 1 aliphatic carbocycles. The van der Waals surface area contributed by atoms with Crippen LogP contribution in [0.15, 0.2) is 112 Å². The molecule has 1 atom stereocenters. The second-order valence-electron chi connectivity index (χ2n) is 10.5. The molecule has 0 bridgehead atoms. The zero-order chi connectivity index (χ0) is 29.3. The minimum absolute atomic E-state index is 0.0417. The first-order valence-electron chi connectivity index (χ1n) is 14.4. The Morgan fingerprint density at radius 3 is 2.56 bits per heavy atom. The number of hydrogen-bond donors (Lipinski definition) is 0. The van der Waals surface area contributed by atoms with Gasteiger partial charge in [0.2, 0.25) is 0 Å². The van der Waals surface area contributed by atoms with Crippen LogP contribution >= 0.6 is 22.9 Å². The van der Waals surface area contributed by atoms with Crippen molar-refractivity contribution < 1.29 is 9.47 Å². The molecule has 7 rings (SSSR count). The van der Waals surface area contributed by atoms with Crippen molar-refractivity contribution in [2.75, 3.05) is 6.61 Å². The van der Waals surface area contributed by atoms with Gasteiger partial charge in [0, 0.05) is 16.1 Å². The summed E-state index contributed by atoms with van der Waals surface area (Å²) in [6.45, 7) is 2.75. The van der Waals surface area contributed by atoms with Crippen LogP contribution in [0.5, 0.6) is 11.5 Å². The van der Waals surface area contributed by atoms with Gasteiger partial charge in [-0.2, -0.15) is 0 Å². The van der Waals surface area contributed by atoms with Crippen molar-refractivity contribution >= 4 is 34.7 Å². The van der Waals surface area contributed by atoms with Crippen LogP contribution in [-0.2, 0) is 13.0 Å². The van der Waals surface area contributed by atoms with Crippen molar-refractivity contribution in [3.8, 4) is 11.5 Å². The summed E-state index contributed by atoms with van der Waals surface area (Å²) < 4.78 is 14.5. The van der Waals surface area contributed by atoms with E-state index >= 15 is 0 Å². The number of allylic oxidation sites excluding steroid dienone is 1. The number of ether oxygens (including phenoxy) is 2. The Morgan fingerprint density at radius 2 is 1.72 bits per heavy atom. The number of fused-ring (bicyclic) bond motifs is 3. The highest BCUT2D eigenvalue weighted by molar-refractivity contribution is 7.07. The van der Waals surface area contributed by atoms with Crippen LogP contribution in [0, 0.1) is 0 Å². The lowest BCUT2D eigenvalue weighted by Crippen LogP contribution is -2.38. The van der Waals surface area contributed by atoms with Gasteiger partial charge < -0.3 is 9.47 Å². The minimum atomic E-state index is -0.192. The molecule has 0 spiro atoms. The number of thiazole rings is 1. The molecule has 43 heavy (non-hydrogen) atoms. The molecule has 0 fully saturated rings. The molecule has 7 heteroatoms. The van der Waals surface area contributed by atoms with Crippen LogP contribution in [0.2, 0.25) is 5.02 Å². The molecule has 2 aliphatic rings. The zero-order valence-electron chi connectivity index (χ0n) is 23.6. The SMILES string of the molecule is CCOc1cc(/C=c2/sc3n(c2=O)[C@@H](c2ccccc2)C2=C(N=3)c3ccccc3CC2)ccc1OCc1ccccc1Cl. The second-order valence-corrected chi connectivity index (χ2v) is 12.0. The zero-order valence-corrected chi connectivity index (χ0v) is 25.2. The molecule has 0 saturated carbocycles. The second kappa shape index (κ2) is 11.7. The van der Waals surface area contributed by atoms with E-state index in [1.165, 1.54) is 22.5 Å². The van der Waals surface area contributed by atoms with Gasteiger partial charge in [-0.3, -0.25) is 9.36 Å². The normalized spacial score (nSPS) is 15.8. The maximum atomic E-state index is 14.1. The summed E-state index contributed by atoms with van der Waals surface area (Å²) in [4.78, 5) is 19.9. The van der Waals surface area contributed by atoms with Crippen molar-refractivity contribution in [1.29, 1.82) is 0 Å². The first-order valence-corrected chi connectivity index (χ1v) is 15.6. The first kappa shape index (κ1) is 27.4. The molecule has 1 aliphatic heterocycles. The Hall–Kier alpha value is -4.39. The highest BCUT2D eigenvalue weighted by atomic mass is 35.5. The molecule has 0 N–H and O–H groups in total. The summed E-state index contributed by atoms with van der Waals surface area (Å²) in [6, 6.07) is 31.9. The van der Waals surface area contributed by atoms with E-state index in [1.54, 1.807) is 0 Å². The molecule has 214 valence electrons. The Labute approximate surface area is 258 Å². The van der Waals surface area contributed by atoms with Crippen molar-refractivity contribution in [2.24, 2.45) is 4.99 Å². The fourth-order valence-electron chi connectivity index (χ4n) is 5.88. The van der Waals surface area contributed by atoms with Gasteiger partial charge >= 0.3 is 0 Å². The first-order chi connectivity index (χ1) is 21.1. The molecule has 4 aromatic carbocycles. The van der Waals surface area contributed by atoms with Gasteiger partial charge in [0.25, 0.3) is 5.56 Å². The molecule has 0 radical (unpaired) electrons. The quantitative estimate of drug-likeness (QED) is 0.202. The lowest BCUT2D eigenvalue weighted by molar-refractivity contribution is 0.269. The van der Waals surface area contributed by atoms with Gasteiger partial charge in [-0.05, 0) is 66.3 Å². The van der Waals surface area contributed by atoms with E-state index in [-0.39, 0.29) is 11.6 Å². The number of aromatic nitrogens is 1. The summed E-state index contributed by atoms with van der Waals surface area (Å²) >= 11 is 7.75. The average Bonchev–Trinajstić information content (AvgIpc) is 3.34. The Morgan fingerprint density at radius 1 is 0.930 bits per heavy atom. The number of halogens is 1. The van der Waals surface area contributed by atoms with E-state index in [0.29, 0.717) is 39.1 Å². The molecule has 2 heterocycles. The molecule has 0 unspecified atom stereocenters. The van der Waals surface area contributed by atoms with Crippen LogP contribution < -0.4 is 24.4 Å². The van der Waals surface area contributed by atoms with E-state index in [4.69, 9.17) is 26.1 Å². The van der Waals surface area contributed by atoms with Crippen LogP contribution in [0.4, 0.5) is 0 Å². The highest BCUT2D eigenvalue weighted by Crippen LogP contribution is 2.41. The molecular weight excluding hydrogens is 576 g/mol. The van der Waals surface area contributed by atoms with Crippen molar-refractivity contribution in [1.82, 2.24) is 4.57 Å². The van der Waals surface area contributed by atoms with Crippen LogP contribution in [0.25, 0.3) is 11.8 Å². The van der Waals surface area contributed by atoms with Crippen LogP contribution in [-0.4, -0.2) is 11.2 Å². The fraction of sp³-hybridized carbons (Fsp3) is 0.167. The summed E-state index contributed by atoms with van der Waals surface area (Å²) in [5.74, 6) is 1.24. The van der Waals surface area contributed by atoms with Gasteiger partial charge in [-0.1, -0.05) is 102 Å². The number of benzene rings is 4. The third-order valence-electron chi connectivity index (χ3n) is 7.89. The summed E-state index contributed by atoms with van der Waals surface area (Å²) in [7, 11) is 0. The van der Waals surface area contributed by atoms with Crippen LogP contribution in [0.3, 0.4) is 0 Å². The van der Waals surface area contributed by atoms with Gasteiger partial charge in [0.05, 0.1) is 22.9 Å². The van der Waals surface area contributed by atoms with Crippen molar-refractivity contribution in [3.05, 3.63) is 155 Å². The summed E-state index contributed by atoms with van der Waals surface area (Å²) in [5.41, 5.74) is 7.46. The fourth-order valence-corrected chi connectivity index (χ4v) is 7.07. The molecule has 0 amide bonds. The smallest absolute Gasteiger partial charge is 0.271 e. The van der Waals surface area contributed by atoms with E-state index < -0.39 is 0 Å². The minimum Gasteiger partial charge on any atom is -0.490 e. The maximum Gasteiger partial charge on any atom is 0.271 e. The molecule has 1 aromatic heterocycles. The summed E-state index contributed by atoms with van der Waals surface area (Å²) in [5, 5.41) is 0.659. The lowest BCUT2D eigenvalue weighted by atomic mass is 9.83. The Balaban J connectivity index is 1.31. The molecule has 0 saturated heterocycles. The van der Waals surface area contributed by atoms with Gasteiger partial charge in [0.15, 0.2) is 16.3 Å². The molecular formula is C36H29ClN2O3S. The largest absolute Gasteiger partial charge is 0.490 e. The van der Waals surface area contributed by atoms with Gasteiger partial charge in [-0.25, -0.2) is 4.99 Å². The van der Waals surface area contributed by atoms with Crippen molar-refractivity contribution in [3.63, 3.8) is 0 Å². The number of nitrogens with zero attached hydrogens (tertiary/aromatic N) is 2. The third kappa shape index (κ3) is 5.22. The van der Waals surface area contributed by atoms with Crippen molar-refractivity contribution in [2.45, 2.75) is 32.4 Å². The standard InChI is InChI=1S/C36H29ClN2O3S/c1-2-41-31-20-23(16-19-30(31)42-22-26-13-7-9-15-29(26)37)21-32-35(40)39-34(25-11-4-3-5-12-25)28-18-17-24-10-6-8-14-27(24)33(28)38-36(39)43-32/h3-16,19-21,34H,2,17-18,22H2,1H3/b32-21+/t34-/m0/s1. The topological polar surface area (TPSA) is 52.8 Å². The third-order valence-corrected chi connectivity index (χ3v) is 9.25. The molecule has 5 nitrogen and oxygen atoms in total. The predicted octanol–water partition coefficient (Wildman–Crippen LogP) is 6.95. The van der Waals surface area contributed by atoms with E-state index in [2.05, 4.69) is 36.4 Å². The Bertz CT molecular complexity index is 2050. The Kier molecular flexibility index (Phi) is 7.47. The molecule has 5 aromatic rings. The van der Waals surface area contributed by atoms with Gasteiger partial charge in [-0.15, -0.1) is 0 Å². The van der Waals surface area contributed by atoms with Crippen LogP contribution in [0.1, 0.15) is 47.2 Å². The maximum absolute atomic E-state index is 14.1. The lowest BCUT2D eigenvalue weighted by Gasteiger charge is -2.30. The number of hydrogen-bond acceptors (Lipinski definition) is 5. The van der Waals surface area contributed by atoms with E-state index in [9.17, 15) is 4.79 Å². The number of rotatable bonds is 7.